The van der Waals surface area contributed by atoms with Gasteiger partial charge in [0.1, 0.15) is 0 Å². The molecule has 0 unspecified atom stereocenters. The maximum absolute atomic E-state index is 13.3. The van der Waals surface area contributed by atoms with Crippen molar-refractivity contribution >= 4 is 9.84 Å². The Morgan fingerprint density at radius 1 is 1.00 bits per heavy atom. The van der Waals surface area contributed by atoms with Crippen LogP contribution in [0.15, 0.2) is 54.5 Å². The average Bonchev–Trinajstić information content (AvgIpc) is 2.61. The molecule has 0 saturated carbocycles. The van der Waals surface area contributed by atoms with E-state index in [1.54, 1.807) is 24.3 Å². The molecule has 0 spiro atoms. The van der Waals surface area contributed by atoms with Gasteiger partial charge in [0.2, 0.25) is 0 Å². The van der Waals surface area contributed by atoms with E-state index in [1.165, 1.54) is 0 Å². The second-order valence-corrected chi connectivity index (χ2v) is 8.68. The summed E-state index contributed by atoms with van der Waals surface area (Å²) in [5, 5.41) is 0. The SMILES string of the molecule is [C-]#[N+]C(CCCCC=C)(CCCCC=C)S(=O)(=O)c1ccc(C)cc1. The third-order valence-electron chi connectivity index (χ3n) is 4.49. The van der Waals surface area contributed by atoms with Gasteiger partial charge in [0.25, 0.3) is 9.84 Å². The molecule has 25 heavy (non-hydrogen) atoms. The molecule has 0 amide bonds. The van der Waals surface area contributed by atoms with Crippen LogP contribution in [0.2, 0.25) is 0 Å². The maximum atomic E-state index is 13.3. The van der Waals surface area contributed by atoms with E-state index in [1.807, 2.05) is 19.1 Å². The molecule has 1 aromatic rings. The van der Waals surface area contributed by atoms with Gasteiger partial charge in [-0.05, 0) is 57.6 Å². The Balaban J connectivity index is 3.12. The summed E-state index contributed by atoms with van der Waals surface area (Å²) < 4.78 is 26.5. The number of aryl methyl sites for hydroxylation is 1. The minimum atomic E-state index is -3.71. The van der Waals surface area contributed by atoms with Gasteiger partial charge in [-0.15, -0.1) is 13.2 Å². The van der Waals surface area contributed by atoms with Gasteiger partial charge >= 0.3 is 4.87 Å². The standard InChI is InChI=1S/C21H29NO2S/c1-5-7-9-11-17-21(22-4,18-12-10-8-6-2)25(23,24)20-15-13-19(3)14-16-20/h5-6,13-16H,1-2,7-12,17-18H2,3H3. The zero-order chi connectivity index (χ0) is 18.8. The van der Waals surface area contributed by atoms with Crippen molar-refractivity contribution in [1.82, 2.24) is 0 Å². The largest absolute Gasteiger partial charge is 0.333 e. The van der Waals surface area contributed by atoms with E-state index in [4.69, 9.17) is 6.57 Å². The summed E-state index contributed by atoms with van der Waals surface area (Å²) in [4.78, 5) is 2.58. The fourth-order valence-electron chi connectivity index (χ4n) is 2.88. The number of rotatable bonds is 12. The highest BCUT2D eigenvalue weighted by Crippen LogP contribution is 2.37. The monoisotopic (exact) mass is 359 g/mol. The van der Waals surface area contributed by atoms with Crippen molar-refractivity contribution in [3.63, 3.8) is 0 Å². The van der Waals surface area contributed by atoms with Crippen molar-refractivity contribution in [2.45, 2.75) is 68.1 Å². The Morgan fingerprint density at radius 3 is 1.88 bits per heavy atom. The van der Waals surface area contributed by atoms with Gasteiger partial charge in [-0.3, -0.25) is 4.85 Å². The fraction of sp³-hybridized carbons (Fsp3) is 0.476. The Labute approximate surface area is 153 Å². The van der Waals surface area contributed by atoms with E-state index in [0.717, 1.165) is 31.2 Å². The number of allylic oxidation sites excluding steroid dienone is 2. The topological polar surface area (TPSA) is 38.5 Å². The van der Waals surface area contributed by atoms with Crippen molar-refractivity contribution in [2.75, 3.05) is 0 Å². The van der Waals surface area contributed by atoms with Crippen LogP contribution in [0.25, 0.3) is 4.85 Å². The van der Waals surface area contributed by atoms with Crippen LogP contribution in [0, 0.1) is 13.5 Å². The molecular weight excluding hydrogens is 330 g/mol. The second kappa shape index (κ2) is 10.2. The van der Waals surface area contributed by atoms with E-state index >= 15 is 0 Å². The smallest absolute Gasteiger partial charge is 0.293 e. The molecule has 136 valence electrons. The predicted octanol–water partition coefficient (Wildman–Crippen LogP) is 5.88. The van der Waals surface area contributed by atoms with Gasteiger partial charge in [-0.25, -0.2) is 15.0 Å². The van der Waals surface area contributed by atoms with Gasteiger partial charge in [0.05, 0.1) is 4.90 Å². The van der Waals surface area contributed by atoms with E-state index in [0.29, 0.717) is 25.7 Å². The quantitative estimate of drug-likeness (QED) is 0.266. The normalized spacial score (nSPS) is 11.7. The average molecular weight is 360 g/mol. The number of hydrogen-bond donors (Lipinski definition) is 0. The zero-order valence-electron chi connectivity index (χ0n) is 15.2. The molecule has 0 atom stereocenters. The molecular formula is C21H29NO2S. The first-order valence-electron chi connectivity index (χ1n) is 8.85. The van der Waals surface area contributed by atoms with Crippen LogP contribution in [0.3, 0.4) is 0 Å². The summed E-state index contributed by atoms with van der Waals surface area (Å²) in [5.74, 6) is 0. The minimum Gasteiger partial charge on any atom is -0.293 e. The summed E-state index contributed by atoms with van der Waals surface area (Å²) >= 11 is 0. The van der Waals surface area contributed by atoms with E-state index in [9.17, 15) is 8.42 Å². The number of nitrogens with zero attached hydrogens (tertiary/aromatic N) is 1. The van der Waals surface area contributed by atoms with Crippen LogP contribution in [0.4, 0.5) is 0 Å². The Bertz CT molecular complexity index is 680. The van der Waals surface area contributed by atoms with E-state index in [2.05, 4.69) is 18.0 Å². The Morgan fingerprint density at radius 2 is 1.48 bits per heavy atom. The van der Waals surface area contributed by atoms with E-state index < -0.39 is 14.7 Å². The lowest BCUT2D eigenvalue weighted by Gasteiger charge is -2.22. The van der Waals surface area contributed by atoms with Crippen LogP contribution in [0.1, 0.15) is 56.9 Å². The highest BCUT2D eigenvalue weighted by atomic mass is 32.2. The van der Waals surface area contributed by atoms with Crippen LogP contribution in [0.5, 0.6) is 0 Å². The molecule has 0 fully saturated rings. The Kier molecular flexibility index (Phi) is 8.65. The van der Waals surface area contributed by atoms with Crippen molar-refractivity contribution in [3.8, 4) is 0 Å². The van der Waals surface area contributed by atoms with Crippen LogP contribution >= 0.6 is 0 Å². The van der Waals surface area contributed by atoms with Gasteiger partial charge in [-0.1, -0.05) is 29.8 Å². The number of unbranched alkanes of at least 4 members (excludes halogenated alkanes) is 4. The summed E-state index contributed by atoms with van der Waals surface area (Å²) in [5.41, 5.74) is 1.00. The van der Waals surface area contributed by atoms with Gasteiger partial charge < -0.3 is 0 Å². The first-order chi connectivity index (χ1) is 11.9. The summed E-state index contributed by atoms with van der Waals surface area (Å²) in [6.07, 6.45) is 9.22. The molecule has 0 aromatic heterocycles. The second-order valence-electron chi connectivity index (χ2n) is 6.44. The van der Waals surface area contributed by atoms with Crippen molar-refractivity contribution < 1.29 is 8.42 Å². The molecule has 0 aliphatic heterocycles. The summed E-state index contributed by atoms with van der Waals surface area (Å²) in [6, 6.07) is 6.82. The lowest BCUT2D eigenvalue weighted by Crippen LogP contribution is -2.35. The van der Waals surface area contributed by atoms with Crippen molar-refractivity contribution in [3.05, 3.63) is 66.6 Å². The van der Waals surface area contributed by atoms with Crippen molar-refractivity contribution in [2.24, 2.45) is 0 Å². The molecule has 4 heteroatoms. The molecule has 0 aliphatic rings. The Hall–Kier alpha value is -1.86. The first-order valence-corrected chi connectivity index (χ1v) is 10.3. The molecule has 0 radical (unpaired) electrons. The molecule has 0 aliphatic carbocycles. The van der Waals surface area contributed by atoms with Gasteiger partial charge in [0.15, 0.2) is 0 Å². The van der Waals surface area contributed by atoms with Crippen LogP contribution in [-0.2, 0) is 9.84 Å². The lowest BCUT2D eigenvalue weighted by molar-refractivity contribution is 0.475. The molecule has 0 N–H and O–H groups in total. The molecule has 0 saturated heterocycles. The zero-order valence-corrected chi connectivity index (χ0v) is 16.0. The first kappa shape index (κ1) is 21.2. The molecule has 0 heterocycles. The summed E-state index contributed by atoms with van der Waals surface area (Å²) in [6.45, 7) is 17.0. The number of sulfone groups is 1. The third kappa shape index (κ3) is 5.57. The molecule has 3 nitrogen and oxygen atoms in total. The van der Waals surface area contributed by atoms with Crippen molar-refractivity contribution in [1.29, 1.82) is 0 Å². The molecule has 0 bridgehead atoms. The molecule has 1 rings (SSSR count). The summed E-state index contributed by atoms with van der Waals surface area (Å²) in [7, 11) is -3.71. The maximum Gasteiger partial charge on any atom is 0.333 e. The van der Waals surface area contributed by atoms with Gasteiger partial charge in [-0.2, -0.15) is 0 Å². The lowest BCUT2D eigenvalue weighted by atomic mass is 10.0. The predicted molar refractivity (Wildman–Crippen MR) is 105 cm³/mol. The fourth-order valence-corrected chi connectivity index (χ4v) is 4.76. The highest BCUT2D eigenvalue weighted by Gasteiger charge is 2.50. The van der Waals surface area contributed by atoms with Crippen LogP contribution in [-0.4, -0.2) is 13.3 Å². The minimum absolute atomic E-state index is 0.251. The van der Waals surface area contributed by atoms with Gasteiger partial charge in [0, 0.05) is 12.8 Å². The number of hydrogen-bond acceptors (Lipinski definition) is 2. The van der Waals surface area contributed by atoms with Crippen LogP contribution < -0.4 is 0 Å². The molecule has 1 aromatic carbocycles. The van der Waals surface area contributed by atoms with E-state index in [-0.39, 0.29) is 4.90 Å². The third-order valence-corrected chi connectivity index (χ3v) is 6.88. The highest BCUT2D eigenvalue weighted by molar-refractivity contribution is 7.93. The number of benzene rings is 1.